The molecule has 1 fully saturated rings. The van der Waals surface area contributed by atoms with E-state index in [1.807, 2.05) is 17.5 Å². The van der Waals surface area contributed by atoms with Crippen molar-refractivity contribution in [1.82, 2.24) is 4.98 Å². The summed E-state index contributed by atoms with van der Waals surface area (Å²) in [7, 11) is 0. The minimum atomic E-state index is 0.435. The summed E-state index contributed by atoms with van der Waals surface area (Å²) in [6, 6.07) is 2.07. The first-order chi connectivity index (χ1) is 7.90. The van der Waals surface area contributed by atoms with E-state index in [-0.39, 0.29) is 0 Å². The summed E-state index contributed by atoms with van der Waals surface area (Å²) in [5.41, 5.74) is 0.932. The summed E-state index contributed by atoms with van der Waals surface area (Å²) in [6.45, 7) is 3.38. The quantitative estimate of drug-likeness (QED) is 0.803. The normalized spacial score (nSPS) is 16.6. The third-order valence-electron chi connectivity index (χ3n) is 2.29. The van der Waals surface area contributed by atoms with Gasteiger partial charge in [-0.25, -0.2) is 4.98 Å². The van der Waals surface area contributed by atoms with E-state index in [9.17, 15) is 0 Å². The van der Waals surface area contributed by atoms with E-state index in [1.54, 1.807) is 11.3 Å². The molecule has 5 heteroatoms. The molecule has 0 unspecified atom stereocenters. The predicted octanol–water partition coefficient (Wildman–Crippen LogP) is 1.91. The summed E-state index contributed by atoms with van der Waals surface area (Å²) in [5, 5.41) is 11.5. The molecule has 1 saturated heterocycles. The van der Waals surface area contributed by atoms with E-state index in [4.69, 9.17) is 10.00 Å². The van der Waals surface area contributed by atoms with E-state index < -0.39 is 0 Å². The summed E-state index contributed by atoms with van der Waals surface area (Å²) in [5.74, 6) is 0. The third-order valence-corrected chi connectivity index (χ3v) is 3.21. The fraction of sp³-hybridized carbons (Fsp3) is 0.455. The van der Waals surface area contributed by atoms with Crippen molar-refractivity contribution in [3.63, 3.8) is 0 Å². The van der Waals surface area contributed by atoms with Gasteiger partial charge >= 0.3 is 0 Å². The van der Waals surface area contributed by atoms with Gasteiger partial charge in [-0.05, 0) is 6.08 Å². The van der Waals surface area contributed by atoms with Crippen LogP contribution in [-0.2, 0) is 4.74 Å². The molecule has 2 rings (SSSR count). The second-order valence-electron chi connectivity index (χ2n) is 3.42. The van der Waals surface area contributed by atoms with Crippen molar-refractivity contribution in [3.05, 3.63) is 17.2 Å². The molecule has 4 nitrogen and oxygen atoms in total. The predicted molar refractivity (Wildman–Crippen MR) is 64.4 cm³/mol. The summed E-state index contributed by atoms with van der Waals surface area (Å²) < 4.78 is 5.29. The Morgan fingerprint density at radius 1 is 1.56 bits per heavy atom. The molecule has 0 aliphatic carbocycles. The fourth-order valence-electron chi connectivity index (χ4n) is 1.49. The van der Waals surface area contributed by atoms with Crippen LogP contribution in [0.4, 0.5) is 5.13 Å². The minimum absolute atomic E-state index is 0.435. The summed E-state index contributed by atoms with van der Waals surface area (Å²) in [4.78, 5) is 6.73. The summed E-state index contributed by atoms with van der Waals surface area (Å²) in [6.07, 6.45) is 4.16. The summed E-state index contributed by atoms with van der Waals surface area (Å²) >= 11 is 1.64. The second-order valence-corrected chi connectivity index (χ2v) is 4.26. The van der Waals surface area contributed by atoms with Crippen molar-refractivity contribution in [2.45, 2.75) is 6.42 Å². The second kappa shape index (κ2) is 5.64. The highest BCUT2D eigenvalue weighted by atomic mass is 32.1. The molecule has 1 aliphatic rings. The third kappa shape index (κ3) is 2.81. The van der Waals surface area contributed by atoms with Crippen molar-refractivity contribution in [2.24, 2.45) is 0 Å². The molecule has 0 aromatic carbocycles. The Balaban J connectivity index is 1.98. The molecular formula is C11H13N3OS. The lowest BCUT2D eigenvalue weighted by Gasteiger charge is -2.25. The standard InChI is InChI=1S/C11H13N3OS/c12-4-2-1-3-10-9-16-11(13-10)14-5-7-15-8-6-14/h1,3,9H,2,5-8H2. The maximum Gasteiger partial charge on any atom is 0.185 e. The highest BCUT2D eigenvalue weighted by Gasteiger charge is 2.13. The van der Waals surface area contributed by atoms with Gasteiger partial charge in [0.15, 0.2) is 5.13 Å². The molecule has 16 heavy (non-hydrogen) atoms. The topological polar surface area (TPSA) is 49.2 Å². The molecule has 0 saturated carbocycles. The van der Waals surface area contributed by atoms with Crippen LogP contribution in [0.1, 0.15) is 12.1 Å². The van der Waals surface area contributed by atoms with Gasteiger partial charge in [0.1, 0.15) is 0 Å². The minimum Gasteiger partial charge on any atom is -0.378 e. The average Bonchev–Trinajstić information content (AvgIpc) is 2.79. The van der Waals surface area contributed by atoms with Gasteiger partial charge in [-0.15, -0.1) is 11.3 Å². The van der Waals surface area contributed by atoms with Crippen LogP contribution in [0.5, 0.6) is 0 Å². The number of morpholine rings is 1. The number of anilines is 1. The Morgan fingerprint density at radius 3 is 3.12 bits per heavy atom. The number of allylic oxidation sites excluding steroid dienone is 1. The lowest BCUT2D eigenvalue weighted by Crippen LogP contribution is -2.36. The van der Waals surface area contributed by atoms with Crippen LogP contribution in [0.3, 0.4) is 0 Å². The number of nitriles is 1. The fourth-order valence-corrected chi connectivity index (χ4v) is 2.33. The van der Waals surface area contributed by atoms with Gasteiger partial charge in [0.25, 0.3) is 0 Å². The number of hydrogen-bond donors (Lipinski definition) is 0. The number of thiazole rings is 1. The van der Waals surface area contributed by atoms with Gasteiger partial charge in [-0.3, -0.25) is 0 Å². The molecule has 1 aromatic rings. The monoisotopic (exact) mass is 235 g/mol. The molecule has 0 atom stereocenters. The lowest BCUT2D eigenvalue weighted by atomic mass is 10.3. The van der Waals surface area contributed by atoms with Crippen LogP contribution in [-0.4, -0.2) is 31.3 Å². The molecule has 0 radical (unpaired) electrons. The molecule has 0 N–H and O–H groups in total. The van der Waals surface area contributed by atoms with Crippen LogP contribution in [0.2, 0.25) is 0 Å². The van der Waals surface area contributed by atoms with Crippen molar-refractivity contribution in [3.8, 4) is 6.07 Å². The number of ether oxygens (including phenoxy) is 1. The SMILES string of the molecule is N#CCC=Cc1csc(N2CCOCC2)n1. The van der Waals surface area contributed by atoms with Crippen LogP contribution in [0.15, 0.2) is 11.5 Å². The first kappa shape index (κ1) is 11.1. The van der Waals surface area contributed by atoms with E-state index in [0.29, 0.717) is 6.42 Å². The molecule has 1 aromatic heterocycles. The van der Waals surface area contributed by atoms with E-state index in [1.165, 1.54) is 0 Å². The van der Waals surface area contributed by atoms with Gasteiger partial charge < -0.3 is 9.64 Å². The van der Waals surface area contributed by atoms with Crippen LogP contribution < -0.4 is 4.90 Å². The number of rotatable bonds is 3. The van der Waals surface area contributed by atoms with Crippen LogP contribution in [0, 0.1) is 11.3 Å². The van der Waals surface area contributed by atoms with E-state index >= 15 is 0 Å². The molecule has 84 valence electrons. The Kier molecular flexibility index (Phi) is 3.91. The lowest BCUT2D eigenvalue weighted by molar-refractivity contribution is 0.122. The molecule has 0 bridgehead atoms. The Morgan fingerprint density at radius 2 is 2.38 bits per heavy atom. The Labute approximate surface area is 98.8 Å². The van der Waals surface area contributed by atoms with Gasteiger partial charge in [-0.1, -0.05) is 6.08 Å². The zero-order chi connectivity index (χ0) is 11.2. The maximum absolute atomic E-state index is 8.41. The van der Waals surface area contributed by atoms with E-state index in [0.717, 1.165) is 37.1 Å². The largest absolute Gasteiger partial charge is 0.378 e. The van der Waals surface area contributed by atoms with Crippen molar-refractivity contribution < 1.29 is 4.74 Å². The van der Waals surface area contributed by atoms with E-state index in [2.05, 4.69) is 16.0 Å². The van der Waals surface area contributed by atoms with Gasteiger partial charge in [0.05, 0.1) is 31.4 Å². The zero-order valence-electron chi connectivity index (χ0n) is 8.93. The number of hydrogen-bond acceptors (Lipinski definition) is 5. The first-order valence-corrected chi connectivity index (χ1v) is 6.10. The van der Waals surface area contributed by atoms with Crippen LogP contribution >= 0.6 is 11.3 Å². The number of nitrogens with zero attached hydrogens (tertiary/aromatic N) is 3. The molecular weight excluding hydrogens is 222 g/mol. The van der Waals surface area contributed by atoms with Gasteiger partial charge in [-0.2, -0.15) is 5.26 Å². The van der Waals surface area contributed by atoms with Crippen molar-refractivity contribution in [2.75, 3.05) is 31.2 Å². The zero-order valence-corrected chi connectivity index (χ0v) is 9.74. The molecule has 0 amide bonds. The first-order valence-electron chi connectivity index (χ1n) is 5.22. The highest BCUT2D eigenvalue weighted by Crippen LogP contribution is 2.22. The molecule has 1 aliphatic heterocycles. The maximum atomic E-state index is 8.41. The Hall–Kier alpha value is -1.38. The average molecular weight is 235 g/mol. The molecule has 0 spiro atoms. The smallest absolute Gasteiger partial charge is 0.185 e. The highest BCUT2D eigenvalue weighted by molar-refractivity contribution is 7.13. The van der Waals surface area contributed by atoms with Gasteiger partial charge in [0.2, 0.25) is 0 Å². The van der Waals surface area contributed by atoms with Crippen molar-refractivity contribution in [1.29, 1.82) is 5.26 Å². The van der Waals surface area contributed by atoms with Crippen molar-refractivity contribution >= 4 is 22.5 Å². The number of aromatic nitrogens is 1. The Bertz CT molecular complexity index is 402. The van der Waals surface area contributed by atoms with Crippen LogP contribution in [0.25, 0.3) is 6.08 Å². The molecule has 2 heterocycles. The van der Waals surface area contributed by atoms with Gasteiger partial charge in [0, 0.05) is 18.5 Å².